The van der Waals surface area contributed by atoms with Crippen molar-refractivity contribution in [3.05, 3.63) is 71.8 Å². The Labute approximate surface area is 180 Å². The zero-order chi connectivity index (χ0) is 20.6. The van der Waals surface area contributed by atoms with Crippen LogP contribution in [-0.2, 0) is 0 Å². The van der Waals surface area contributed by atoms with Crippen molar-refractivity contribution in [1.29, 1.82) is 0 Å². The van der Waals surface area contributed by atoms with Gasteiger partial charge in [0.25, 0.3) is 0 Å². The first-order chi connectivity index (χ1) is 14.8. The summed E-state index contributed by atoms with van der Waals surface area (Å²) in [6, 6.07) is 18.1. The molecule has 2 fully saturated rings. The van der Waals surface area contributed by atoms with Gasteiger partial charge in [-0.15, -0.1) is 0 Å². The fourth-order valence-electron chi connectivity index (χ4n) is 3.87. The van der Waals surface area contributed by atoms with E-state index in [1.54, 1.807) is 0 Å². The number of ether oxygens (including phenoxy) is 1. The van der Waals surface area contributed by atoms with Crippen LogP contribution in [-0.4, -0.2) is 61.5 Å². The Morgan fingerprint density at radius 1 is 0.933 bits per heavy atom. The molecule has 1 saturated heterocycles. The van der Waals surface area contributed by atoms with E-state index in [-0.39, 0.29) is 11.7 Å². The Kier molecular flexibility index (Phi) is 7.33. The number of nitrogens with zero attached hydrogens (tertiary/aromatic N) is 2. The van der Waals surface area contributed by atoms with Crippen LogP contribution in [0.4, 0.5) is 0 Å². The Morgan fingerprint density at radius 2 is 1.63 bits per heavy atom. The van der Waals surface area contributed by atoms with Gasteiger partial charge >= 0.3 is 0 Å². The summed E-state index contributed by atoms with van der Waals surface area (Å²) >= 11 is 0. The second-order valence-corrected chi connectivity index (χ2v) is 8.32. The Morgan fingerprint density at radius 3 is 2.33 bits per heavy atom. The quantitative estimate of drug-likeness (QED) is 0.435. The minimum Gasteiger partial charge on any atom is -0.494 e. The molecule has 1 heterocycles. The Hall–Kier alpha value is -2.43. The molecule has 0 amide bonds. The van der Waals surface area contributed by atoms with Gasteiger partial charge in [0, 0.05) is 50.7 Å². The average molecular weight is 405 g/mol. The van der Waals surface area contributed by atoms with Gasteiger partial charge in [-0.25, -0.2) is 0 Å². The normalized spacial score (nSPS) is 18.0. The Bertz CT molecular complexity index is 820. The van der Waals surface area contributed by atoms with E-state index in [1.165, 1.54) is 5.56 Å². The highest BCUT2D eigenvalue weighted by molar-refractivity contribution is 5.99. The highest BCUT2D eigenvalue weighted by Crippen LogP contribution is 2.32. The molecular weight excluding hydrogens is 372 g/mol. The summed E-state index contributed by atoms with van der Waals surface area (Å²) < 4.78 is 5.87. The molecule has 0 spiro atoms. The number of Topliss-reactive ketones (excluding diaryl/α,β-unsaturated/α-hetero) is 1. The summed E-state index contributed by atoms with van der Waals surface area (Å²) in [5, 5.41) is 0. The lowest BCUT2D eigenvalue weighted by Gasteiger charge is -2.34. The third kappa shape index (κ3) is 6.28. The third-order valence-corrected chi connectivity index (χ3v) is 5.91. The first-order valence-corrected chi connectivity index (χ1v) is 11.2. The van der Waals surface area contributed by atoms with E-state index in [2.05, 4.69) is 52.3 Å². The molecule has 0 unspecified atom stereocenters. The van der Waals surface area contributed by atoms with E-state index < -0.39 is 0 Å². The fourth-order valence-corrected chi connectivity index (χ4v) is 3.87. The van der Waals surface area contributed by atoms with Gasteiger partial charge in [0.2, 0.25) is 0 Å². The van der Waals surface area contributed by atoms with Gasteiger partial charge in [0.05, 0.1) is 6.61 Å². The van der Waals surface area contributed by atoms with Crippen molar-refractivity contribution in [3.8, 4) is 5.75 Å². The molecule has 0 atom stereocenters. The maximum Gasteiger partial charge on any atom is 0.165 e. The van der Waals surface area contributed by atoms with Crippen molar-refractivity contribution in [1.82, 2.24) is 9.80 Å². The number of piperazine rings is 1. The van der Waals surface area contributed by atoms with Crippen LogP contribution in [0.15, 0.2) is 60.7 Å². The van der Waals surface area contributed by atoms with E-state index in [0.29, 0.717) is 0 Å². The number of ketones is 1. The zero-order valence-electron chi connectivity index (χ0n) is 17.7. The summed E-state index contributed by atoms with van der Waals surface area (Å²) in [5.74, 6) is 1.42. The van der Waals surface area contributed by atoms with Crippen LogP contribution in [0, 0.1) is 5.92 Å². The van der Waals surface area contributed by atoms with Gasteiger partial charge < -0.3 is 9.64 Å². The van der Waals surface area contributed by atoms with E-state index in [4.69, 9.17) is 4.74 Å². The topological polar surface area (TPSA) is 32.8 Å². The Balaban J connectivity index is 1.08. The van der Waals surface area contributed by atoms with Crippen molar-refractivity contribution in [2.24, 2.45) is 5.92 Å². The maximum atomic E-state index is 12.0. The zero-order valence-corrected chi connectivity index (χ0v) is 17.7. The molecule has 2 aromatic rings. The van der Waals surface area contributed by atoms with Crippen molar-refractivity contribution < 1.29 is 9.53 Å². The van der Waals surface area contributed by atoms with Crippen molar-refractivity contribution >= 4 is 11.9 Å². The maximum absolute atomic E-state index is 12.0. The average Bonchev–Trinajstić information content (AvgIpc) is 3.64. The number of carbonyl (C=O) groups excluding carboxylic acids is 1. The summed E-state index contributed by atoms with van der Waals surface area (Å²) in [6.45, 7) is 7.30. The van der Waals surface area contributed by atoms with Gasteiger partial charge in [-0.2, -0.15) is 0 Å². The summed E-state index contributed by atoms with van der Waals surface area (Å²) in [4.78, 5) is 17.1. The molecule has 0 bridgehead atoms. The first-order valence-electron chi connectivity index (χ1n) is 11.2. The molecule has 1 aliphatic heterocycles. The molecule has 0 radical (unpaired) electrons. The SMILES string of the molecule is O=C(c1ccc(OCCCN2CCN(C/C=C/c3ccccc3)CC2)cc1)C1CC1. The molecule has 4 heteroatoms. The van der Waals surface area contributed by atoms with E-state index in [0.717, 1.165) is 76.5 Å². The minimum absolute atomic E-state index is 0.275. The van der Waals surface area contributed by atoms with Crippen LogP contribution in [0.3, 0.4) is 0 Å². The van der Waals surface area contributed by atoms with Crippen molar-refractivity contribution in [3.63, 3.8) is 0 Å². The van der Waals surface area contributed by atoms with Gasteiger partial charge in [-0.05, 0) is 49.1 Å². The second-order valence-electron chi connectivity index (χ2n) is 8.32. The summed E-state index contributed by atoms with van der Waals surface area (Å²) in [7, 11) is 0. The summed E-state index contributed by atoms with van der Waals surface area (Å²) in [6.07, 6.45) is 7.60. The molecule has 0 N–H and O–H groups in total. The lowest BCUT2D eigenvalue weighted by molar-refractivity contribution is 0.0967. The third-order valence-electron chi connectivity index (χ3n) is 5.91. The number of hydrogen-bond donors (Lipinski definition) is 0. The molecule has 1 aliphatic carbocycles. The standard InChI is InChI=1S/C26H32N2O2/c29-26(23-9-10-23)24-11-13-25(14-12-24)30-21-5-16-28-19-17-27(18-20-28)15-4-8-22-6-2-1-3-7-22/h1-4,6-8,11-14,23H,5,9-10,15-21H2/b8-4+. The van der Waals surface area contributed by atoms with Crippen molar-refractivity contribution in [2.45, 2.75) is 19.3 Å². The minimum atomic E-state index is 0.275. The summed E-state index contributed by atoms with van der Waals surface area (Å²) in [5.41, 5.74) is 2.08. The molecule has 2 aliphatic rings. The number of rotatable bonds is 10. The number of hydrogen-bond acceptors (Lipinski definition) is 4. The molecule has 0 aromatic heterocycles. The highest BCUT2D eigenvalue weighted by atomic mass is 16.5. The van der Waals surface area contributed by atoms with Crippen LogP contribution in [0.25, 0.3) is 6.08 Å². The number of benzene rings is 2. The molecule has 30 heavy (non-hydrogen) atoms. The molecule has 4 rings (SSSR count). The molecular formula is C26H32N2O2. The monoisotopic (exact) mass is 404 g/mol. The molecule has 158 valence electrons. The second kappa shape index (κ2) is 10.6. The van der Waals surface area contributed by atoms with Crippen LogP contribution < -0.4 is 4.74 Å². The lowest BCUT2D eigenvalue weighted by Crippen LogP contribution is -2.46. The van der Waals surface area contributed by atoms with Gasteiger partial charge in [0.1, 0.15) is 5.75 Å². The largest absolute Gasteiger partial charge is 0.494 e. The van der Waals surface area contributed by atoms with Gasteiger partial charge in [0.15, 0.2) is 5.78 Å². The lowest BCUT2D eigenvalue weighted by atomic mass is 10.1. The van der Waals surface area contributed by atoms with Crippen LogP contribution in [0.1, 0.15) is 35.2 Å². The first kappa shape index (κ1) is 20.8. The highest BCUT2D eigenvalue weighted by Gasteiger charge is 2.30. The molecule has 1 saturated carbocycles. The molecule has 2 aromatic carbocycles. The van der Waals surface area contributed by atoms with Gasteiger partial charge in [-0.3, -0.25) is 9.69 Å². The van der Waals surface area contributed by atoms with Crippen molar-refractivity contribution in [2.75, 3.05) is 45.9 Å². The van der Waals surface area contributed by atoms with E-state index in [9.17, 15) is 4.79 Å². The van der Waals surface area contributed by atoms with E-state index in [1.807, 2.05) is 24.3 Å². The smallest absolute Gasteiger partial charge is 0.165 e. The predicted molar refractivity (Wildman–Crippen MR) is 122 cm³/mol. The van der Waals surface area contributed by atoms with Crippen LogP contribution >= 0.6 is 0 Å². The molecule has 4 nitrogen and oxygen atoms in total. The van der Waals surface area contributed by atoms with Crippen LogP contribution in [0.2, 0.25) is 0 Å². The van der Waals surface area contributed by atoms with Gasteiger partial charge in [-0.1, -0.05) is 42.5 Å². The fraction of sp³-hybridized carbons (Fsp3) is 0.423. The van der Waals surface area contributed by atoms with E-state index >= 15 is 0 Å². The predicted octanol–water partition coefficient (Wildman–Crippen LogP) is 4.38. The van der Waals surface area contributed by atoms with Crippen LogP contribution in [0.5, 0.6) is 5.75 Å². The number of carbonyl (C=O) groups is 1.